The fraction of sp³-hybridized carbons (Fsp3) is 0.500. The molecule has 2 atom stereocenters. The Morgan fingerprint density at radius 1 is 1.24 bits per heavy atom. The number of benzene rings is 1. The number of fused-ring (bicyclic) bond motifs is 1. The number of alkyl halides is 3. The van der Waals surface area contributed by atoms with Crippen molar-refractivity contribution in [3.8, 4) is 11.5 Å². The Balaban J connectivity index is 1.16. The van der Waals surface area contributed by atoms with Crippen molar-refractivity contribution in [3.63, 3.8) is 0 Å². The zero-order valence-corrected chi connectivity index (χ0v) is 20.6. The molecular weight excluding hydrogens is 519 g/mol. The largest absolute Gasteiger partial charge is 0.452 e. The third-order valence-electron chi connectivity index (χ3n) is 6.52. The number of halogens is 4. The minimum atomic E-state index is -4.64. The average Bonchev–Trinajstić information content (AvgIpc) is 3.06. The molecule has 0 bridgehead atoms. The smallest absolute Gasteiger partial charge is 0.436 e. The van der Waals surface area contributed by atoms with Gasteiger partial charge in [0.05, 0.1) is 0 Å². The molecule has 1 aliphatic carbocycles. The molecule has 1 saturated carbocycles. The number of aromatic nitrogens is 4. The highest BCUT2D eigenvalue weighted by Gasteiger charge is 2.60. The van der Waals surface area contributed by atoms with E-state index in [9.17, 15) is 13.2 Å². The van der Waals surface area contributed by atoms with Gasteiger partial charge in [-0.05, 0) is 43.0 Å². The lowest BCUT2D eigenvalue weighted by molar-refractivity contribution is -0.152. The Kier molecular flexibility index (Phi) is 5.85. The molecule has 2 aromatic heterocycles. The summed E-state index contributed by atoms with van der Waals surface area (Å²) < 4.78 is 47.2. The summed E-state index contributed by atoms with van der Waals surface area (Å²) in [4.78, 5) is 6.41. The number of nitrogens with zero attached hydrogens (tertiary/aromatic N) is 5. The lowest BCUT2D eigenvalue weighted by atomic mass is 9.95. The minimum Gasteiger partial charge on any atom is -0.436 e. The Morgan fingerprint density at radius 3 is 2.73 bits per heavy atom. The Hall–Kier alpha value is -1.85. The molecule has 1 aliphatic heterocycles. The summed E-state index contributed by atoms with van der Waals surface area (Å²) in [5.74, 6) is 0.403. The second-order valence-corrected chi connectivity index (χ2v) is 10.8. The second-order valence-electron chi connectivity index (χ2n) is 8.77. The molecule has 1 unspecified atom stereocenters. The Morgan fingerprint density at radius 2 is 2.00 bits per heavy atom. The summed E-state index contributed by atoms with van der Waals surface area (Å²) in [6, 6.07) is 8.70. The van der Waals surface area contributed by atoms with Gasteiger partial charge in [-0.3, -0.25) is 0 Å². The van der Waals surface area contributed by atoms with Crippen LogP contribution in [0.4, 0.5) is 13.2 Å². The van der Waals surface area contributed by atoms with Gasteiger partial charge in [0.1, 0.15) is 0 Å². The lowest BCUT2D eigenvalue weighted by Gasteiger charge is -2.21. The molecule has 3 heterocycles. The van der Waals surface area contributed by atoms with Crippen LogP contribution in [-0.4, -0.2) is 50.0 Å². The van der Waals surface area contributed by atoms with E-state index in [1.807, 2.05) is 0 Å². The first-order chi connectivity index (χ1) is 15.7. The number of likely N-dealkylation sites (tertiary alicyclic amines) is 1. The highest BCUT2D eigenvalue weighted by Crippen LogP contribution is 2.59. The number of hydrogen-bond acceptors (Lipinski definition) is 6. The van der Waals surface area contributed by atoms with Crippen LogP contribution in [-0.2, 0) is 18.6 Å². The summed E-state index contributed by atoms with van der Waals surface area (Å²) in [5.41, 5.74) is 1.43. The van der Waals surface area contributed by atoms with E-state index in [-0.39, 0.29) is 17.4 Å². The molecular formula is C22H23BrF3N5OS. The van der Waals surface area contributed by atoms with E-state index in [4.69, 9.17) is 4.42 Å². The van der Waals surface area contributed by atoms with Gasteiger partial charge >= 0.3 is 6.18 Å². The van der Waals surface area contributed by atoms with Crippen LogP contribution < -0.4 is 0 Å². The summed E-state index contributed by atoms with van der Waals surface area (Å²) in [6.07, 6.45) is -2.41. The summed E-state index contributed by atoms with van der Waals surface area (Å²) >= 11 is 5.00. The minimum absolute atomic E-state index is 0.0535. The van der Waals surface area contributed by atoms with Crippen molar-refractivity contribution in [2.24, 2.45) is 13.0 Å². The van der Waals surface area contributed by atoms with E-state index in [1.54, 1.807) is 11.6 Å². The van der Waals surface area contributed by atoms with Crippen LogP contribution in [0, 0.1) is 12.8 Å². The zero-order chi connectivity index (χ0) is 23.4. The van der Waals surface area contributed by atoms with Gasteiger partial charge in [-0.1, -0.05) is 39.8 Å². The van der Waals surface area contributed by atoms with Crippen LogP contribution in [0.15, 0.2) is 38.3 Å². The molecule has 1 aromatic carbocycles. The topological polar surface area (TPSA) is 60.0 Å². The third kappa shape index (κ3) is 4.35. The summed E-state index contributed by atoms with van der Waals surface area (Å²) in [5, 5.41) is 8.59. The van der Waals surface area contributed by atoms with Crippen molar-refractivity contribution in [2.75, 3.05) is 25.4 Å². The summed E-state index contributed by atoms with van der Waals surface area (Å²) in [7, 11) is 1.65. The molecule has 5 rings (SSSR count). The van der Waals surface area contributed by atoms with Crippen molar-refractivity contribution >= 4 is 27.7 Å². The first-order valence-corrected chi connectivity index (χ1v) is 12.5. The highest BCUT2D eigenvalue weighted by atomic mass is 79.9. The number of oxazole rings is 1. The quantitative estimate of drug-likeness (QED) is 0.298. The van der Waals surface area contributed by atoms with E-state index in [0.717, 1.165) is 42.2 Å². The van der Waals surface area contributed by atoms with E-state index in [1.165, 1.54) is 30.7 Å². The Labute approximate surface area is 202 Å². The Bertz CT molecular complexity index is 1160. The third-order valence-corrected chi connectivity index (χ3v) is 8.16. The van der Waals surface area contributed by atoms with Gasteiger partial charge in [0.2, 0.25) is 5.76 Å². The second kappa shape index (κ2) is 8.42. The van der Waals surface area contributed by atoms with Crippen LogP contribution in [0.5, 0.6) is 0 Å². The van der Waals surface area contributed by atoms with Crippen molar-refractivity contribution in [1.29, 1.82) is 0 Å². The van der Waals surface area contributed by atoms with Gasteiger partial charge in [0, 0.05) is 42.7 Å². The lowest BCUT2D eigenvalue weighted by Crippen LogP contribution is -2.27. The van der Waals surface area contributed by atoms with Crippen molar-refractivity contribution in [2.45, 2.75) is 36.5 Å². The zero-order valence-electron chi connectivity index (χ0n) is 18.2. The maximum Gasteiger partial charge on any atom is 0.452 e. The maximum absolute atomic E-state index is 13.3. The molecule has 33 heavy (non-hydrogen) atoms. The maximum atomic E-state index is 13.3. The van der Waals surface area contributed by atoms with Gasteiger partial charge in [0.15, 0.2) is 22.6 Å². The normalized spacial score (nSPS) is 22.7. The molecule has 2 aliphatic rings. The molecule has 0 spiro atoms. The molecule has 176 valence electrons. The van der Waals surface area contributed by atoms with Crippen LogP contribution in [0.1, 0.15) is 30.1 Å². The predicted molar refractivity (Wildman–Crippen MR) is 122 cm³/mol. The number of aryl methyl sites for hydroxylation is 1. The van der Waals surface area contributed by atoms with Gasteiger partial charge in [-0.2, -0.15) is 13.2 Å². The van der Waals surface area contributed by atoms with E-state index in [0.29, 0.717) is 10.6 Å². The number of hydrogen-bond donors (Lipinski definition) is 0. The van der Waals surface area contributed by atoms with Crippen molar-refractivity contribution < 1.29 is 17.6 Å². The van der Waals surface area contributed by atoms with Crippen LogP contribution >= 0.6 is 27.7 Å². The van der Waals surface area contributed by atoms with Gasteiger partial charge in [-0.25, -0.2) is 4.98 Å². The standard InChI is InChI=1S/C22H23BrF3N5OS/c1-13-27-17(18(32-13)22(24,25)26)19-28-29-20(30(19)2)33-9-3-8-31-11-15-10-21(15,12-31)14-4-6-16(23)7-5-14/h4-7,15H,3,8-12H2,1-2H3/t15-,21?/m0/s1. The highest BCUT2D eigenvalue weighted by molar-refractivity contribution is 9.10. The first kappa shape index (κ1) is 22.9. The molecule has 6 nitrogen and oxygen atoms in total. The van der Waals surface area contributed by atoms with Crippen LogP contribution in [0.3, 0.4) is 0 Å². The number of rotatable bonds is 7. The molecule has 11 heteroatoms. The average molecular weight is 542 g/mol. The van der Waals surface area contributed by atoms with Crippen LogP contribution in [0.25, 0.3) is 11.5 Å². The SMILES string of the molecule is Cc1nc(-c2nnc(SCCCN3C[C@@H]4CC4(c4ccc(Br)cc4)C3)n2C)c(C(F)(F)F)o1. The fourth-order valence-corrected chi connectivity index (χ4v) is 5.95. The molecule has 2 fully saturated rings. The van der Waals surface area contributed by atoms with Crippen molar-refractivity contribution in [1.82, 2.24) is 24.6 Å². The molecule has 1 saturated heterocycles. The fourth-order valence-electron chi connectivity index (χ4n) is 4.86. The predicted octanol–water partition coefficient (Wildman–Crippen LogP) is 5.32. The van der Waals surface area contributed by atoms with E-state index in [2.05, 4.69) is 60.3 Å². The number of piperidine rings is 1. The van der Waals surface area contributed by atoms with E-state index >= 15 is 0 Å². The summed E-state index contributed by atoms with van der Waals surface area (Å²) in [6.45, 7) is 4.59. The molecule has 3 aromatic rings. The van der Waals surface area contributed by atoms with E-state index < -0.39 is 11.9 Å². The molecule has 0 N–H and O–H groups in total. The molecule has 0 radical (unpaired) electrons. The van der Waals surface area contributed by atoms with Crippen molar-refractivity contribution in [3.05, 3.63) is 46.0 Å². The monoisotopic (exact) mass is 541 g/mol. The first-order valence-electron chi connectivity index (χ1n) is 10.7. The van der Waals surface area contributed by atoms with Gasteiger partial charge in [-0.15, -0.1) is 10.2 Å². The van der Waals surface area contributed by atoms with Gasteiger partial charge < -0.3 is 13.9 Å². The number of thioether (sulfide) groups is 1. The van der Waals surface area contributed by atoms with Crippen LogP contribution in [0.2, 0.25) is 0 Å². The molecule has 0 amide bonds. The van der Waals surface area contributed by atoms with Gasteiger partial charge in [0.25, 0.3) is 0 Å².